The summed E-state index contributed by atoms with van der Waals surface area (Å²) in [7, 11) is 0. The molecule has 0 amide bonds. The minimum atomic E-state index is -0.348. The summed E-state index contributed by atoms with van der Waals surface area (Å²) >= 11 is 5.64. The molecule has 0 aliphatic carbocycles. The van der Waals surface area contributed by atoms with Gasteiger partial charge in [0.2, 0.25) is 0 Å². The lowest BCUT2D eigenvalue weighted by atomic mass is 10.2. The lowest BCUT2D eigenvalue weighted by Gasteiger charge is -2.10. The Hall–Kier alpha value is -0.770. The van der Waals surface area contributed by atoms with Gasteiger partial charge < -0.3 is 14.6 Å². The predicted octanol–water partition coefficient (Wildman–Crippen LogP) is 2.04. The summed E-state index contributed by atoms with van der Waals surface area (Å²) in [6, 6.07) is 6.76. The second-order valence-corrected chi connectivity index (χ2v) is 3.48. The number of ether oxygens (including phenoxy) is 2. The van der Waals surface area contributed by atoms with E-state index in [1.807, 2.05) is 0 Å². The molecule has 1 fully saturated rings. The van der Waals surface area contributed by atoms with Crippen LogP contribution in [0.3, 0.4) is 0 Å². The van der Waals surface area contributed by atoms with Crippen molar-refractivity contribution < 1.29 is 14.6 Å². The van der Waals surface area contributed by atoms with Crippen molar-refractivity contribution in [2.75, 3.05) is 12.5 Å². The number of benzene rings is 1. The summed E-state index contributed by atoms with van der Waals surface area (Å²) in [5, 5.41) is 9.09. The number of hydrogen-bond acceptors (Lipinski definition) is 3. The molecule has 1 aromatic rings. The Kier molecular flexibility index (Phi) is 2.91. The van der Waals surface area contributed by atoms with Gasteiger partial charge in [-0.1, -0.05) is 12.1 Å². The molecule has 76 valence electrons. The van der Waals surface area contributed by atoms with Crippen molar-refractivity contribution in [2.24, 2.45) is 0 Å². The number of hydrogen-bond donors (Lipinski definition) is 1. The number of alkyl halides is 1. The average molecular weight is 215 g/mol. The van der Waals surface area contributed by atoms with Gasteiger partial charge in [0, 0.05) is 5.56 Å². The molecule has 1 aromatic carbocycles. The van der Waals surface area contributed by atoms with E-state index in [1.165, 1.54) is 0 Å². The van der Waals surface area contributed by atoms with E-state index in [0.717, 1.165) is 5.56 Å². The van der Waals surface area contributed by atoms with Crippen LogP contribution in [0.1, 0.15) is 11.9 Å². The summed E-state index contributed by atoms with van der Waals surface area (Å²) in [6.07, 6.45) is -0.380. The van der Waals surface area contributed by atoms with Gasteiger partial charge in [-0.15, -0.1) is 11.6 Å². The van der Waals surface area contributed by atoms with Crippen molar-refractivity contribution in [1.29, 1.82) is 0 Å². The van der Waals surface area contributed by atoms with Crippen LogP contribution >= 0.6 is 11.6 Å². The van der Waals surface area contributed by atoms with Crippen LogP contribution < -0.4 is 0 Å². The number of aromatic hydroxyl groups is 1. The molecule has 1 heterocycles. The third-order valence-electron chi connectivity index (χ3n) is 2.09. The third kappa shape index (κ3) is 2.00. The topological polar surface area (TPSA) is 38.7 Å². The molecule has 1 N–H and O–H groups in total. The average Bonchev–Trinajstić information content (AvgIpc) is 2.67. The first-order chi connectivity index (χ1) is 6.79. The number of halogens is 1. The summed E-state index contributed by atoms with van der Waals surface area (Å²) in [6.45, 7) is 0.523. The van der Waals surface area contributed by atoms with E-state index >= 15 is 0 Å². The van der Waals surface area contributed by atoms with E-state index in [2.05, 4.69) is 0 Å². The lowest BCUT2D eigenvalue weighted by molar-refractivity contribution is -0.0567. The zero-order valence-corrected chi connectivity index (χ0v) is 8.28. The smallest absolute Gasteiger partial charge is 0.184 e. The van der Waals surface area contributed by atoms with E-state index < -0.39 is 0 Å². The van der Waals surface area contributed by atoms with Gasteiger partial charge in [-0.2, -0.15) is 0 Å². The Balaban J connectivity index is 2.06. The van der Waals surface area contributed by atoms with Crippen LogP contribution in [0, 0.1) is 0 Å². The fraction of sp³-hybridized carbons (Fsp3) is 0.400. The highest BCUT2D eigenvalue weighted by molar-refractivity contribution is 6.18. The lowest BCUT2D eigenvalue weighted by Crippen LogP contribution is -2.10. The zero-order chi connectivity index (χ0) is 9.97. The first-order valence-corrected chi connectivity index (χ1v) is 4.95. The van der Waals surface area contributed by atoms with Crippen LogP contribution in [0.2, 0.25) is 0 Å². The molecule has 14 heavy (non-hydrogen) atoms. The van der Waals surface area contributed by atoms with Gasteiger partial charge in [-0.25, -0.2) is 0 Å². The maximum absolute atomic E-state index is 9.09. The Bertz CT molecular complexity index is 299. The van der Waals surface area contributed by atoms with Crippen LogP contribution in [0.4, 0.5) is 0 Å². The number of phenols is 1. The Morgan fingerprint density at radius 1 is 1.36 bits per heavy atom. The van der Waals surface area contributed by atoms with Gasteiger partial charge in [-0.05, 0) is 12.1 Å². The molecule has 0 radical (unpaired) electrons. The van der Waals surface area contributed by atoms with Crippen LogP contribution in [0.15, 0.2) is 24.3 Å². The summed E-state index contributed by atoms with van der Waals surface area (Å²) in [5.74, 6) is 0.676. The van der Waals surface area contributed by atoms with Gasteiger partial charge in [-0.3, -0.25) is 0 Å². The van der Waals surface area contributed by atoms with Crippen LogP contribution in [-0.4, -0.2) is 23.7 Å². The standard InChI is InChI=1S/C10H11ClO3/c11-5-9-6-13-10(14-9)7-1-3-8(12)4-2-7/h1-4,9-10,12H,5-6H2. The van der Waals surface area contributed by atoms with Crippen LogP contribution in [0.5, 0.6) is 5.75 Å². The molecule has 4 heteroatoms. The van der Waals surface area contributed by atoms with Crippen LogP contribution in [0.25, 0.3) is 0 Å². The Morgan fingerprint density at radius 3 is 2.64 bits per heavy atom. The number of phenolic OH excluding ortho intramolecular Hbond substituents is 1. The third-order valence-corrected chi connectivity index (χ3v) is 2.43. The quantitative estimate of drug-likeness (QED) is 0.766. The molecular weight excluding hydrogens is 204 g/mol. The SMILES string of the molecule is Oc1ccc(C2OCC(CCl)O2)cc1. The van der Waals surface area contributed by atoms with E-state index in [4.69, 9.17) is 26.2 Å². The highest BCUT2D eigenvalue weighted by atomic mass is 35.5. The Morgan fingerprint density at radius 2 is 2.07 bits per heavy atom. The van der Waals surface area contributed by atoms with Crippen molar-refractivity contribution in [3.8, 4) is 5.75 Å². The molecule has 0 aromatic heterocycles. The maximum Gasteiger partial charge on any atom is 0.184 e. The van der Waals surface area contributed by atoms with Gasteiger partial charge >= 0.3 is 0 Å². The molecule has 1 aliphatic heterocycles. The van der Waals surface area contributed by atoms with Gasteiger partial charge in [0.15, 0.2) is 6.29 Å². The second kappa shape index (κ2) is 4.17. The van der Waals surface area contributed by atoms with E-state index in [9.17, 15) is 0 Å². The molecule has 2 rings (SSSR count). The van der Waals surface area contributed by atoms with E-state index in [0.29, 0.717) is 12.5 Å². The molecule has 1 aliphatic rings. The normalized spacial score (nSPS) is 26.6. The highest BCUT2D eigenvalue weighted by Crippen LogP contribution is 2.28. The fourth-order valence-corrected chi connectivity index (χ4v) is 1.50. The molecule has 0 bridgehead atoms. The van der Waals surface area contributed by atoms with Gasteiger partial charge in [0.1, 0.15) is 5.75 Å². The molecular formula is C10H11ClO3. The monoisotopic (exact) mass is 214 g/mol. The number of rotatable bonds is 2. The minimum absolute atomic E-state index is 0.0320. The van der Waals surface area contributed by atoms with Crippen molar-refractivity contribution in [3.63, 3.8) is 0 Å². The molecule has 3 nitrogen and oxygen atoms in total. The summed E-state index contributed by atoms with van der Waals surface area (Å²) < 4.78 is 10.9. The molecule has 1 saturated heterocycles. The van der Waals surface area contributed by atoms with Crippen molar-refractivity contribution in [1.82, 2.24) is 0 Å². The fourth-order valence-electron chi connectivity index (χ4n) is 1.34. The van der Waals surface area contributed by atoms with Crippen molar-refractivity contribution >= 4 is 11.6 Å². The van der Waals surface area contributed by atoms with Crippen LogP contribution in [-0.2, 0) is 9.47 Å². The Labute approximate surface area is 87.2 Å². The predicted molar refractivity (Wildman–Crippen MR) is 52.4 cm³/mol. The van der Waals surface area contributed by atoms with E-state index in [-0.39, 0.29) is 18.1 Å². The van der Waals surface area contributed by atoms with E-state index in [1.54, 1.807) is 24.3 Å². The summed E-state index contributed by atoms with van der Waals surface area (Å²) in [4.78, 5) is 0. The molecule has 2 unspecified atom stereocenters. The van der Waals surface area contributed by atoms with Crippen molar-refractivity contribution in [2.45, 2.75) is 12.4 Å². The highest BCUT2D eigenvalue weighted by Gasteiger charge is 2.26. The molecule has 2 atom stereocenters. The first kappa shape index (κ1) is 9.77. The van der Waals surface area contributed by atoms with Gasteiger partial charge in [0.25, 0.3) is 0 Å². The largest absolute Gasteiger partial charge is 0.508 e. The zero-order valence-electron chi connectivity index (χ0n) is 7.52. The second-order valence-electron chi connectivity index (χ2n) is 3.17. The first-order valence-electron chi connectivity index (χ1n) is 4.41. The molecule has 0 saturated carbocycles. The maximum atomic E-state index is 9.09. The summed E-state index contributed by atoms with van der Waals surface area (Å²) in [5.41, 5.74) is 0.899. The van der Waals surface area contributed by atoms with Gasteiger partial charge in [0.05, 0.1) is 18.6 Å². The molecule has 0 spiro atoms. The van der Waals surface area contributed by atoms with Crippen molar-refractivity contribution in [3.05, 3.63) is 29.8 Å². The minimum Gasteiger partial charge on any atom is -0.508 e.